The monoisotopic (exact) mass is 214 g/mol. The fourth-order valence-corrected chi connectivity index (χ4v) is 1.06. The highest BCUT2D eigenvalue weighted by molar-refractivity contribution is 5.78. The largest absolute Gasteiger partial charge is 0.370 e. The van der Waals surface area contributed by atoms with E-state index >= 15 is 0 Å². The molecule has 15 heavy (non-hydrogen) atoms. The first kappa shape index (κ1) is 14.2. The first-order valence-electron chi connectivity index (χ1n) is 5.57. The maximum absolute atomic E-state index is 5.90. The number of rotatable bonds is 5. The maximum atomic E-state index is 5.90. The van der Waals surface area contributed by atoms with Crippen molar-refractivity contribution < 1.29 is 0 Å². The van der Waals surface area contributed by atoms with Gasteiger partial charge >= 0.3 is 0 Å². The molecule has 0 amide bonds. The van der Waals surface area contributed by atoms with Crippen LogP contribution in [0.2, 0.25) is 0 Å². The molecule has 0 aromatic rings. The normalized spacial score (nSPS) is 13.4. The summed E-state index contributed by atoms with van der Waals surface area (Å²) >= 11 is 0. The van der Waals surface area contributed by atoms with Gasteiger partial charge < -0.3 is 15.5 Å². The van der Waals surface area contributed by atoms with Gasteiger partial charge in [0.05, 0.1) is 6.54 Å². The standard InChI is InChI=1S/C11H26N4/c1-7-15(8-2)10(12)13-9-11(3,4)14(5)6/h7-9H2,1-6H3,(H2,12,13). The molecule has 0 aromatic heterocycles. The number of nitrogens with two attached hydrogens (primary N) is 1. The molecule has 2 N–H and O–H groups in total. The van der Waals surface area contributed by atoms with Crippen LogP contribution in [0.25, 0.3) is 0 Å². The van der Waals surface area contributed by atoms with Gasteiger partial charge in [-0.25, -0.2) is 0 Å². The molecule has 0 fully saturated rings. The average molecular weight is 214 g/mol. The SMILES string of the molecule is CCN(CC)C(N)=NCC(C)(C)N(C)C. The molecular formula is C11H26N4. The van der Waals surface area contributed by atoms with E-state index in [9.17, 15) is 0 Å². The Bertz CT molecular complexity index is 205. The van der Waals surface area contributed by atoms with E-state index < -0.39 is 0 Å². The summed E-state index contributed by atoms with van der Waals surface area (Å²) in [7, 11) is 4.12. The summed E-state index contributed by atoms with van der Waals surface area (Å²) in [5.41, 5.74) is 5.96. The Labute approximate surface area is 94.1 Å². The number of aliphatic imine (C=N–C) groups is 1. The Morgan fingerprint density at radius 1 is 1.20 bits per heavy atom. The van der Waals surface area contributed by atoms with Gasteiger partial charge in [0.1, 0.15) is 0 Å². The molecule has 0 spiro atoms. The summed E-state index contributed by atoms with van der Waals surface area (Å²) in [5.74, 6) is 0.648. The number of nitrogens with zero attached hydrogens (tertiary/aromatic N) is 3. The van der Waals surface area contributed by atoms with Crippen LogP contribution < -0.4 is 5.73 Å². The predicted octanol–water partition coefficient (Wildman–Crippen LogP) is 0.983. The minimum atomic E-state index is 0.0533. The van der Waals surface area contributed by atoms with E-state index in [2.05, 4.69) is 56.6 Å². The van der Waals surface area contributed by atoms with Crippen molar-refractivity contribution in [3.05, 3.63) is 0 Å². The third-order valence-electron chi connectivity index (χ3n) is 2.93. The van der Waals surface area contributed by atoms with E-state index in [0.29, 0.717) is 5.96 Å². The van der Waals surface area contributed by atoms with Crippen molar-refractivity contribution in [2.45, 2.75) is 33.2 Å². The highest BCUT2D eigenvalue weighted by atomic mass is 15.3. The number of likely N-dealkylation sites (N-methyl/N-ethyl adjacent to an activating group) is 1. The average Bonchev–Trinajstić information content (AvgIpc) is 2.16. The van der Waals surface area contributed by atoms with Crippen LogP contribution in [-0.4, -0.2) is 55.0 Å². The lowest BCUT2D eigenvalue weighted by Gasteiger charge is -2.31. The Hall–Kier alpha value is -0.770. The van der Waals surface area contributed by atoms with Crippen LogP contribution in [0.15, 0.2) is 4.99 Å². The van der Waals surface area contributed by atoms with E-state index in [1.165, 1.54) is 0 Å². The van der Waals surface area contributed by atoms with E-state index in [-0.39, 0.29) is 5.54 Å². The van der Waals surface area contributed by atoms with Gasteiger partial charge in [-0.1, -0.05) is 0 Å². The lowest BCUT2D eigenvalue weighted by atomic mass is 10.1. The summed E-state index contributed by atoms with van der Waals surface area (Å²) in [6.45, 7) is 11.0. The zero-order chi connectivity index (χ0) is 12.1. The third kappa shape index (κ3) is 4.51. The first-order chi connectivity index (χ1) is 6.85. The van der Waals surface area contributed by atoms with Crippen LogP contribution in [0.5, 0.6) is 0 Å². The molecule has 4 heteroatoms. The lowest BCUT2D eigenvalue weighted by Crippen LogP contribution is -2.43. The third-order valence-corrected chi connectivity index (χ3v) is 2.93. The number of hydrogen-bond acceptors (Lipinski definition) is 2. The van der Waals surface area contributed by atoms with Gasteiger partial charge in [-0.05, 0) is 41.8 Å². The second-order valence-corrected chi connectivity index (χ2v) is 4.55. The molecule has 0 saturated carbocycles. The van der Waals surface area contributed by atoms with Crippen LogP contribution in [0.1, 0.15) is 27.7 Å². The molecule has 0 aliphatic heterocycles. The highest BCUT2D eigenvalue weighted by Crippen LogP contribution is 2.09. The van der Waals surface area contributed by atoms with E-state index in [1.54, 1.807) is 0 Å². The van der Waals surface area contributed by atoms with Gasteiger partial charge in [0.25, 0.3) is 0 Å². The molecule has 0 aromatic carbocycles. The van der Waals surface area contributed by atoms with E-state index in [1.807, 2.05) is 0 Å². The summed E-state index contributed by atoms with van der Waals surface area (Å²) in [4.78, 5) is 8.66. The van der Waals surface area contributed by atoms with Crippen LogP contribution in [0, 0.1) is 0 Å². The summed E-state index contributed by atoms with van der Waals surface area (Å²) in [5, 5.41) is 0. The zero-order valence-corrected chi connectivity index (χ0v) is 11.0. The Kier molecular flexibility index (Phi) is 5.65. The van der Waals surface area contributed by atoms with Gasteiger partial charge in [-0.2, -0.15) is 0 Å². The van der Waals surface area contributed by atoms with Gasteiger partial charge in [-0.15, -0.1) is 0 Å². The minimum Gasteiger partial charge on any atom is -0.370 e. The Morgan fingerprint density at radius 2 is 1.67 bits per heavy atom. The second-order valence-electron chi connectivity index (χ2n) is 4.55. The highest BCUT2D eigenvalue weighted by Gasteiger charge is 2.20. The number of guanidine groups is 1. The fourth-order valence-electron chi connectivity index (χ4n) is 1.06. The molecule has 0 saturated heterocycles. The molecule has 0 rings (SSSR count). The van der Waals surface area contributed by atoms with Crippen molar-refractivity contribution in [2.24, 2.45) is 10.7 Å². The molecular weight excluding hydrogens is 188 g/mol. The first-order valence-corrected chi connectivity index (χ1v) is 5.57. The molecule has 0 radical (unpaired) electrons. The van der Waals surface area contributed by atoms with Gasteiger partial charge in [0, 0.05) is 18.6 Å². The molecule has 0 bridgehead atoms. The molecule has 0 unspecified atom stereocenters. The van der Waals surface area contributed by atoms with Crippen molar-refractivity contribution in [3.63, 3.8) is 0 Å². The minimum absolute atomic E-state index is 0.0533. The lowest BCUT2D eigenvalue weighted by molar-refractivity contribution is 0.204. The van der Waals surface area contributed by atoms with Gasteiger partial charge in [0.15, 0.2) is 5.96 Å². The van der Waals surface area contributed by atoms with Crippen molar-refractivity contribution in [2.75, 3.05) is 33.7 Å². The summed E-state index contributed by atoms with van der Waals surface area (Å²) in [6, 6.07) is 0. The topological polar surface area (TPSA) is 44.9 Å². The Morgan fingerprint density at radius 3 is 2.00 bits per heavy atom. The van der Waals surface area contributed by atoms with Gasteiger partial charge in [0.2, 0.25) is 0 Å². The molecule has 0 heterocycles. The molecule has 4 nitrogen and oxygen atoms in total. The molecule has 0 atom stereocenters. The van der Waals surface area contributed by atoms with Crippen LogP contribution in [0.3, 0.4) is 0 Å². The second kappa shape index (κ2) is 5.95. The smallest absolute Gasteiger partial charge is 0.191 e. The summed E-state index contributed by atoms with van der Waals surface area (Å²) in [6.07, 6.45) is 0. The van der Waals surface area contributed by atoms with Crippen molar-refractivity contribution in [1.29, 1.82) is 0 Å². The van der Waals surface area contributed by atoms with E-state index in [0.717, 1.165) is 19.6 Å². The molecule has 90 valence electrons. The van der Waals surface area contributed by atoms with Gasteiger partial charge in [-0.3, -0.25) is 4.99 Å². The fraction of sp³-hybridized carbons (Fsp3) is 0.909. The zero-order valence-electron chi connectivity index (χ0n) is 11.0. The van der Waals surface area contributed by atoms with Crippen molar-refractivity contribution in [1.82, 2.24) is 9.80 Å². The molecule has 0 aliphatic rings. The van der Waals surface area contributed by atoms with Crippen LogP contribution in [-0.2, 0) is 0 Å². The van der Waals surface area contributed by atoms with Crippen molar-refractivity contribution >= 4 is 5.96 Å². The van der Waals surface area contributed by atoms with Crippen LogP contribution >= 0.6 is 0 Å². The maximum Gasteiger partial charge on any atom is 0.191 e. The summed E-state index contributed by atoms with van der Waals surface area (Å²) < 4.78 is 0. The van der Waals surface area contributed by atoms with E-state index in [4.69, 9.17) is 5.73 Å². The quantitative estimate of drug-likeness (QED) is 0.548. The Balaban J connectivity index is 4.38. The predicted molar refractivity (Wildman–Crippen MR) is 67.2 cm³/mol. The molecule has 0 aliphatic carbocycles. The van der Waals surface area contributed by atoms with Crippen molar-refractivity contribution in [3.8, 4) is 0 Å². The van der Waals surface area contributed by atoms with Crippen LogP contribution in [0.4, 0.5) is 0 Å². The number of hydrogen-bond donors (Lipinski definition) is 1.